The number of hydrogen-bond acceptors (Lipinski definition) is 2. The third-order valence-electron chi connectivity index (χ3n) is 4.08. The molecule has 1 N–H and O–H groups in total. The molecule has 0 saturated heterocycles. The summed E-state index contributed by atoms with van der Waals surface area (Å²) < 4.78 is 5.63. The maximum absolute atomic E-state index is 8.99. The summed E-state index contributed by atoms with van der Waals surface area (Å²) in [4.78, 5) is 0. The standard InChI is InChI=1S/C21H34O2/c1-2-3-4-5-6-7-8-9-10-11-12-17-23-19-21-15-13-20(18-22)14-16-21/h11-16,22H,2-10,17-19H2,1H3. The molecule has 2 nitrogen and oxygen atoms in total. The minimum Gasteiger partial charge on any atom is -0.392 e. The van der Waals surface area contributed by atoms with E-state index in [1.54, 1.807) is 0 Å². The Morgan fingerprint density at radius 2 is 1.43 bits per heavy atom. The summed E-state index contributed by atoms with van der Waals surface area (Å²) in [6.07, 6.45) is 16.5. The number of hydrogen-bond donors (Lipinski definition) is 1. The van der Waals surface area contributed by atoms with Gasteiger partial charge in [-0.15, -0.1) is 0 Å². The smallest absolute Gasteiger partial charge is 0.0721 e. The highest BCUT2D eigenvalue weighted by molar-refractivity contribution is 5.21. The lowest BCUT2D eigenvalue weighted by Gasteiger charge is -2.03. The Hall–Kier alpha value is -1.12. The second-order valence-electron chi connectivity index (χ2n) is 6.22. The molecule has 0 aliphatic heterocycles. The van der Waals surface area contributed by atoms with Crippen LogP contribution in [0.1, 0.15) is 75.8 Å². The molecule has 0 bridgehead atoms. The molecule has 0 radical (unpaired) electrons. The van der Waals surface area contributed by atoms with Crippen LogP contribution >= 0.6 is 0 Å². The van der Waals surface area contributed by atoms with E-state index in [2.05, 4.69) is 19.1 Å². The molecule has 2 heteroatoms. The number of allylic oxidation sites excluding steroid dienone is 1. The zero-order chi connectivity index (χ0) is 16.6. The monoisotopic (exact) mass is 318 g/mol. The van der Waals surface area contributed by atoms with Crippen LogP contribution in [-0.4, -0.2) is 11.7 Å². The van der Waals surface area contributed by atoms with E-state index in [0.29, 0.717) is 13.2 Å². The Morgan fingerprint density at radius 1 is 0.826 bits per heavy atom. The van der Waals surface area contributed by atoms with Crippen molar-refractivity contribution in [2.45, 2.75) is 77.9 Å². The summed E-state index contributed by atoms with van der Waals surface area (Å²) in [6.45, 7) is 3.68. The predicted molar refractivity (Wildman–Crippen MR) is 98.4 cm³/mol. The molecule has 0 heterocycles. The van der Waals surface area contributed by atoms with Crippen molar-refractivity contribution in [2.24, 2.45) is 0 Å². The van der Waals surface area contributed by atoms with E-state index >= 15 is 0 Å². The second kappa shape index (κ2) is 14.5. The Balaban J connectivity index is 1.90. The number of rotatable bonds is 14. The van der Waals surface area contributed by atoms with E-state index in [9.17, 15) is 0 Å². The Labute approximate surface area is 142 Å². The third-order valence-corrected chi connectivity index (χ3v) is 4.08. The van der Waals surface area contributed by atoms with Crippen molar-refractivity contribution in [3.05, 3.63) is 47.5 Å². The maximum atomic E-state index is 8.99. The first kappa shape index (κ1) is 19.9. The molecule has 0 atom stereocenters. The van der Waals surface area contributed by atoms with Crippen LogP contribution in [0.4, 0.5) is 0 Å². The number of aliphatic hydroxyl groups excluding tert-OH is 1. The van der Waals surface area contributed by atoms with Crippen molar-refractivity contribution in [3.8, 4) is 0 Å². The SMILES string of the molecule is CCCCCCCCCCC=CCOCc1ccc(CO)cc1. The van der Waals surface area contributed by atoms with Gasteiger partial charge in [-0.2, -0.15) is 0 Å². The molecule has 0 unspecified atom stereocenters. The van der Waals surface area contributed by atoms with Crippen LogP contribution in [0.25, 0.3) is 0 Å². The van der Waals surface area contributed by atoms with E-state index in [4.69, 9.17) is 9.84 Å². The minimum atomic E-state index is 0.0998. The lowest BCUT2D eigenvalue weighted by Crippen LogP contribution is -1.93. The van der Waals surface area contributed by atoms with Gasteiger partial charge in [0.1, 0.15) is 0 Å². The highest BCUT2D eigenvalue weighted by Crippen LogP contribution is 2.10. The molecular weight excluding hydrogens is 284 g/mol. The molecule has 23 heavy (non-hydrogen) atoms. The largest absolute Gasteiger partial charge is 0.392 e. The minimum absolute atomic E-state index is 0.0998. The Morgan fingerprint density at radius 3 is 2.09 bits per heavy atom. The van der Waals surface area contributed by atoms with Crippen molar-refractivity contribution in [1.82, 2.24) is 0 Å². The molecule has 0 spiro atoms. The van der Waals surface area contributed by atoms with Crippen LogP contribution in [0, 0.1) is 0 Å². The van der Waals surface area contributed by atoms with Crippen LogP contribution in [-0.2, 0) is 18.0 Å². The van der Waals surface area contributed by atoms with Gasteiger partial charge in [-0.3, -0.25) is 0 Å². The van der Waals surface area contributed by atoms with E-state index in [0.717, 1.165) is 11.1 Å². The van der Waals surface area contributed by atoms with Crippen molar-refractivity contribution in [2.75, 3.05) is 6.61 Å². The third kappa shape index (κ3) is 11.1. The van der Waals surface area contributed by atoms with Gasteiger partial charge in [0.05, 0.1) is 19.8 Å². The molecule has 1 aromatic rings. The molecule has 0 aromatic heterocycles. The quantitative estimate of drug-likeness (QED) is 0.348. The molecule has 0 aliphatic carbocycles. The Kier molecular flexibility index (Phi) is 12.5. The molecule has 0 fully saturated rings. The zero-order valence-electron chi connectivity index (χ0n) is 14.8. The summed E-state index contributed by atoms with van der Waals surface area (Å²) in [7, 11) is 0. The first-order chi connectivity index (χ1) is 11.4. The fourth-order valence-corrected chi connectivity index (χ4v) is 2.57. The number of unbranched alkanes of at least 4 members (excludes halogenated alkanes) is 8. The normalized spacial score (nSPS) is 11.4. The summed E-state index contributed by atoms with van der Waals surface area (Å²) >= 11 is 0. The van der Waals surface area contributed by atoms with Gasteiger partial charge in [0.25, 0.3) is 0 Å². The molecule has 0 amide bonds. The Bertz CT molecular complexity index is 395. The first-order valence-corrected chi connectivity index (χ1v) is 9.28. The van der Waals surface area contributed by atoms with Crippen molar-refractivity contribution in [3.63, 3.8) is 0 Å². The van der Waals surface area contributed by atoms with E-state index < -0.39 is 0 Å². The predicted octanol–water partition coefficient (Wildman–Crippen LogP) is 5.78. The topological polar surface area (TPSA) is 29.5 Å². The van der Waals surface area contributed by atoms with Gasteiger partial charge < -0.3 is 9.84 Å². The van der Waals surface area contributed by atoms with Crippen LogP contribution in [0.3, 0.4) is 0 Å². The summed E-state index contributed by atoms with van der Waals surface area (Å²) in [5.74, 6) is 0. The fourth-order valence-electron chi connectivity index (χ4n) is 2.57. The molecular formula is C21H34O2. The lowest BCUT2D eigenvalue weighted by atomic mass is 10.1. The van der Waals surface area contributed by atoms with Gasteiger partial charge in [-0.05, 0) is 24.0 Å². The molecule has 0 saturated carbocycles. The highest BCUT2D eigenvalue weighted by Gasteiger charge is 1.94. The summed E-state index contributed by atoms with van der Waals surface area (Å²) in [5.41, 5.74) is 2.10. The highest BCUT2D eigenvalue weighted by atomic mass is 16.5. The average Bonchev–Trinajstić information content (AvgIpc) is 2.59. The van der Waals surface area contributed by atoms with Crippen molar-refractivity contribution < 1.29 is 9.84 Å². The molecule has 1 aromatic carbocycles. The van der Waals surface area contributed by atoms with Gasteiger partial charge in [0, 0.05) is 0 Å². The van der Waals surface area contributed by atoms with E-state index in [1.165, 1.54) is 57.8 Å². The number of benzene rings is 1. The van der Waals surface area contributed by atoms with Gasteiger partial charge in [0.2, 0.25) is 0 Å². The summed E-state index contributed by atoms with van der Waals surface area (Å²) in [5, 5.41) is 8.99. The van der Waals surface area contributed by atoms with Crippen LogP contribution in [0.2, 0.25) is 0 Å². The number of aliphatic hydroxyl groups is 1. The van der Waals surface area contributed by atoms with Gasteiger partial charge in [0.15, 0.2) is 0 Å². The van der Waals surface area contributed by atoms with E-state index in [1.807, 2.05) is 24.3 Å². The van der Waals surface area contributed by atoms with Crippen LogP contribution < -0.4 is 0 Å². The molecule has 1 rings (SSSR count). The van der Waals surface area contributed by atoms with E-state index in [-0.39, 0.29) is 6.61 Å². The van der Waals surface area contributed by atoms with Crippen LogP contribution in [0.15, 0.2) is 36.4 Å². The number of ether oxygens (including phenoxy) is 1. The average molecular weight is 319 g/mol. The fraction of sp³-hybridized carbons (Fsp3) is 0.619. The van der Waals surface area contributed by atoms with Gasteiger partial charge >= 0.3 is 0 Å². The van der Waals surface area contributed by atoms with Crippen molar-refractivity contribution in [1.29, 1.82) is 0 Å². The van der Waals surface area contributed by atoms with Crippen molar-refractivity contribution >= 4 is 0 Å². The van der Waals surface area contributed by atoms with Gasteiger partial charge in [-0.1, -0.05) is 88.3 Å². The van der Waals surface area contributed by atoms with Gasteiger partial charge in [-0.25, -0.2) is 0 Å². The summed E-state index contributed by atoms with van der Waals surface area (Å²) in [6, 6.07) is 7.90. The van der Waals surface area contributed by atoms with Crippen LogP contribution in [0.5, 0.6) is 0 Å². The second-order valence-corrected chi connectivity index (χ2v) is 6.22. The zero-order valence-corrected chi connectivity index (χ0v) is 14.8. The first-order valence-electron chi connectivity index (χ1n) is 9.28. The molecule has 130 valence electrons. The maximum Gasteiger partial charge on any atom is 0.0721 e. The lowest BCUT2D eigenvalue weighted by molar-refractivity contribution is 0.148. The molecule has 0 aliphatic rings.